The number of nitro groups is 1. The van der Waals surface area contributed by atoms with Crippen molar-refractivity contribution in [3.63, 3.8) is 0 Å². The Morgan fingerprint density at radius 3 is 2.62 bits per heavy atom. The first kappa shape index (κ1) is 21.8. The highest BCUT2D eigenvalue weighted by Gasteiger charge is 2.24. The minimum Gasteiger partial charge on any atom is -0.497 e. The van der Waals surface area contributed by atoms with E-state index in [0.29, 0.717) is 11.3 Å². The minimum atomic E-state index is -0.868. The van der Waals surface area contributed by atoms with Gasteiger partial charge in [-0.15, -0.1) is 0 Å². The smallest absolute Gasteiger partial charge is 0.308 e. The van der Waals surface area contributed by atoms with E-state index in [0.717, 1.165) is 12.1 Å². The van der Waals surface area contributed by atoms with Crippen molar-refractivity contribution in [3.05, 3.63) is 69.0 Å². The fraction of sp³-hybridized carbons (Fsp3) is 0.300. The second-order valence-corrected chi connectivity index (χ2v) is 6.17. The number of halogens is 1. The summed E-state index contributed by atoms with van der Waals surface area (Å²) >= 11 is 0. The summed E-state index contributed by atoms with van der Waals surface area (Å²) in [7, 11) is 1.48. The highest BCUT2D eigenvalue weighted by atomic mass is 19.1. The van der Waals surface area contributed by atoms with Crippen molar-refractivity contribution in [2.24, 2.45) is 0 Å². The van der Waals surface area contributed by atoms with Gasteiger partial charge in [-0.05, 0) is 37.6 Å². The number of nitrogens with one attached hydrogen (secondary N) is 1. The number of carbonyl (C=O) groups is 2. The number of amides is 1. The van der Waals surface area contributed by atoms with Crippen molar-refractivity contribution in [2.75, 3.05) is 13.7 Å². The average Bonchev–Trinajstić information content (AvgIpc) is 2.69. The van der Waals surface area contributed by atoms with Crippen LogP contribution >= 0.6 is 0 Å². The Morgan fingerprint density at radius 1 is 1.28 bits per heavy atom. The monoisotopic (exact) mass is 404 g/mol. The molecule has 2 aromatic carbocycles. The second kappa shape index (κ2) is 9.63. The maximum absolute atomic E-state index is 14.1. The lowest BCUT2D eigenvalue weighted by Gasteiger charge is -2.19. The van der Waals surface area contributed by atoms with Crippen molar-refractivity contribution in [1.82, 2.24) is 5.32 Å². The lowest BCUT2D eigenvalue weighted by Crippen LogP contribution is -2.31. The Morgan fingerprint density at radius 2 is 2.00 bits per heavy atom. The topological polar surface area (TPSA) is 108 Å². The number of ether oxygens (including phenoxy) is 2. The molecule has 0 spiro atoms. The van der Waals surface area contributed by atoms with Gasteiger partial charge in [0.2, 0.25) is 0 Å². The van der Waals surface area contributed by atoms with Crippen LogP contribution in [0, 0.1) is 22.9 Å². The van der Waals surface area contributed by atoms with Crippen molar-refractivity contribution in [2.45, 2.75) is 26.3 Å². The van der Waals surface area contributed by atoms with E-state index >= 15 is 0 Å². The number of carbonyl (C=O) groups excluding carboxylic acids is 2. The summed E-state index contributed by atoms with van der Waals surface area (Å²) in [5.41, 5.74) is -0.328. The summed E-state index contributed by atoms with van der Waals surface area (Å²) in [5, 5.41) is 13.7. The first-order valence-electron chi connectivity index (χ1n) is 8.81. The molecule has 2 rings (SSSR count). The van der Waals surface area contributed by atoms with E-state index in [9.17, 15) is 24.1 Å². The third kappa shape index (κ3) is 5.50. The van der Waals surface area contributed by atoms with Gasteiger partial charge in [-0.3, -0.25) is 19.7 Å². The fourth-order valence-electron chi connectivity index (χ4n) is 2.72. The van der Waals surface area contributed by atoms with Crippen molar-refractivity contribution < 1.29 is 28.4 Å². The molecule has 29 heavy (non-hydrogen) atoms. The molecule has 2 aromatic rings. The molecule has 1 unspecified atom stereocenters. The van der Waals surface area contributed by atoms with E-state index in [1.165, 1.54) is 14.0 Å². The first-order valence-corrected chi connectivity index (χ1v) is 8.81. The van der Waals surface area contributed by atoms with Gasteiger partial charge in [-0.2, -0.15) is 0 Å². The zero-order valence-corrected chi connectivity index (χ0v) is 16.2. The summed E-state index contributed by atoms with van der Waals surface area (Å²) in [6.45, 7) is 3.09. The van der Waals surface area contributed by atoms with Crippen molar-refractivity contribution >= 4 is 17.6 Å². The maximum atomic E-state index is 14.1. The van der Waals surface area contributed by atoms with Crippen LogP contribution < -0.4 is 10.1 Å². The molecule has 9 heteroatoms. The van der Waals surface area contributed by atoms with Crippen LogP contribution in [0.2, 0.25) is 0 Å². The van der Waals surface area contributed by atoms with Gasteiger partial charge >= 0.3 is 5.97 Å². The van der Waals surface area contributed by atoms with Gasteiger partial charge in [0.1, 0.15) is 11.6 Å². The fourth-order valence-corrected chi connectivity index (χ4v) is 2.72. The summed E-state index contributed by atoms with van der Waals surface area (Å²) in [4.78, 5) is 35.0. The van der Waals surface area contributed by atoms with Crippen LogP contribution in [0.25, 0.3) is 0 Å². The predicted octanol–water partition coefficient (Wildman–Crippen LogP) is 3.48. The maximum Gasteiger partial charge on any atom is 0.308 e. The molecule has 0 saturated carbocycles. The second-order valence-electron chi connectivity index (χ2n) is 6.17. The number of hydrogen-bond donors (Lipinski definition) is 1. The van der Waals surface area contributed by atoms with E-state index in [1.54, 1.807) is 31.2 Å². The van der Waals surface area contributed by atoms with Crippen LogP contribution in [0.5, 0.6) is 5.75 Å². The number of methoxy groups -OCH3 is 1. The van der Waals surface area contributed by atoms with Gasteiger partial charge in [-0.25, -0.2) is 4.39 Å². The van der Waals surface area contributed by atoms with E-state index < -0.39 is 34.3 Å². The first-order chi connectivity index (χ1) is 13.8. The van der Waals surface area contributed by atoms with Gasteiger partial charge in [0.25, 0.3) is 11.6 Å². The number of nitrogens with zero attached hydrogens (tertiary/aromatic N) is 1. The third-order valence-electron chi connectivity index (χ3n) is 4.25. The summed E-state index contributed by atoms with van der Waals surface area (Å²) < 4.78 is 24.2. The Labute approximate surface area is 166 Å². The number of benzene rings is 2. The molecule has 0 radical (unpaired) electrons. The molecule has 1 atom stereocenters. The zero-order chi connectivity index (χ0) is 21.6. The Kier molecular flexibility index (Phi) is 7.24. The minimum absolute atomic E-state index is 0.164. The quantitative estimate of drug-likeness (QED) is 0.410. The molecule has 0 saturated heterocycles. The molecule has 1 N–H and O–H groups in total. The van der Waals surface area contributed by atoms with Gasteiger partial charge in [0, 0.05) is 11.6 Å². The van der Waals surface area contributed by atoms with Crippen LogP contribution in [-0.2, 0) is 9.53 Å². The molecule has 8 nitrogen and oxygen atoms in total. The summed E-state index contributed by atoms with van der Waals surface area (Å²) in [6, 6.07) is 7.83. The number of esters is 1. The van der Waals surface area contributed by atoms with Gasteiger partial charge in [0.05, 0.1) is 36.7 Å². The highest BCUT2D eigenvalue weighted by Crippen LogP contribution is 2.25. The van der Waals surface area contributed by atoms with Crippen LogP contribution in [-0.4, -0.2) is 30.5 Å². The molecule has 0 heterocycles. The number of hydrogen-bond acceptors (Lipinski definition) is 6. The van der Waals surface area contributed by atoms with E-state index in [1.807, 2.05) is 0 Å². The largest absolute Gasteiger partial charge is 0.497 e. The molecule has 0 aliphatic carbocycles. The Bertz CT molecular complexity index is 931. The lowest BCUT2D eigenvalue weighted by atomic mass is 10.0. The van der Waals surface area contributed by atoms with Crippen molar-refractivity contribution in [3.8, 4) is 5.75 Å². The third-order valence-corrected chi connectivity index (χ3v) is 4.25. The van der Waals surface area contributed by atoms with Crippen LogP contribution in [0.1, 0.15) is 40.9 Å². The normalized spacial score (nSPS) is 11.4. The van der Waals surface area contributed by atoms with E-state index in [-0.39, 0.29) is 24.2 Å². The van der Waals surface area contributed by atoms with Crippen LogP contribution in [0.15, 0.2) is 36.4 Å². The molecular formula is C20H21FN2O6. The van der Waals surface area contributed by atoms with Crippen molar-refractivity contribution in [1.29, 1.82) is 0 Å². The Hall–Kier alpha value is -3.49. The standard InChI is InChI=1S/C20H21FN2O6/c1-4-29-19(24)11-17(13-6-5-7-15(8-13)28-3)22-20(25)14-9-16(21)12(2)18(10-14)23(26)27/h5-10,17H,4,11H2,1-3H3,(H,22,25). The average molecular weight is 404 g/mol. The summed E-state index contributed by atoms with van der Waals surface area (Å²) in [5.74, 6) is -1.65. The lowest BCUT2D eigenvalue weighted by molar-refractivity contribution is -0.385. The number of nitro benzene ring substituents is 1. The van der Waals surface area contributed by atoms with E-state index in [2.05, 4.69) is 5.32 Å². The summed E-state index contributed by atoms with van der Waals surface area (Å²) in [6.07, 6.45) is -0.177. The molecule has 0 aliphatic rings. The van der Waals surface area contributed by atoms with Crippen LogP contribution in [0.3, 0.4) is 0 Å². The SMILES string of the molecule is CCOC(=O)CC(NC(=O)c1cc(F)c(C)c([N+](=O)[O-])c1)c1cccc(OC)c1. The van der Waals surface area contributed by atoms with Gasteiger partial charge in [-0.1, -0.05) is 12.1 Å². The molecule has 0 fully saturated rings. The molecule has 154 valence electrons. The van der Waals surface area contributed by atoms with E-state index in [4.69, 9.17) is 9.47 Å². The van der Waals surface area contributed by atoms with Gasteiger partial charge in [0.15, 0.2) is 0 Å². The van der Waals surface area contributed by atoms with Gasteiger partial charge < -0.3 is 14.8 Å². The van der Waals surface area contributed by atoms with Crippen LogP contribution in [0.4, 0.5) is 10.1 Å². The highest BCUT2D eigenvalue weighted by molar-refractivity contribution is 5.95. The molecule has 1 amide bonds. The molecular weight excluding hydrogens is 383 g/mol. The molecule has 0 bridgehead atoms. The number of rotatable bonds is 8. The molecule has 0 aromatic heterocycles. The zero-order valence-electron chi connectivity index (χ0n) is 16.2. The Balaban J connectivity index is 2.36. The predicted molar refractivity (Wildman–Crippen MR) is 102 cm³/mol. The molecule has 0 aliphatic heterocycles.